The van der Waals surface area contributed by atoms with Gasteiger partial charge in [0, 0.05) is 20.2 Å². The van der Waals surface area contributed by atoms with Gasteiger partial charge in [-0.3, -0.25) is 4.79 Å². The maximum Gasteiger partial charge on any atom is 0.234 e. The minimum atomic E-state index is -0.0995. The third kappa shape index (κ3) is 5.40. The molecular formula is C20H17Br2N3OS. The highest BCUT2D eigenvalue weighted by Gasteiger charge is 2.12. The zero-order chi connectivity index (χ0) is 19.4. The van der Waals surface area contributed by atoms with E-state index in [2.05, 4.69) is 47.1 Å². The van der Waals surface area contributed by atoms with Gasteiger partial charge in [-0.25, -0.2) is 9.97 Å². The van der Waals surface area contributed by atoms with Crippen molar-refractivity contribution in [3.05, 3.63) is 68.7 Å². The number of amides is 1. The highest BCUT2D eigenvalue weighted by atomic mass is 79.9. The van der Waals surface area contributed by atoms with Crippen molar-refractivity contribution in [2.45, 2.75) is 19.0 Å². The number of hydrogen-bond acceptors (Lipinski definition) is 4. The van der Waals surface area contributed by atoms with Crippen LogP contribution in [-0.2, 0) is 4.79 Å². The van der Waals surface area contributed by atoms with Gasteiger partial charge in [0.05, 0.1) is 17.1 Å². The Kier molecular flexibility index (Phi) is 6.68. The standard InChI is InChI=1S/C20H17Br2N3OS/c1-12-8-15(21)10-16(22)19(12)25-18(26)11-27-20-23-13(2)9-17(24-20)14-6-4-3-5-7-14/h3-10H,11H2,1-2H3,(H,25,26). The predicted molar refractivity (Wildman–Crippen MR) is 118 cm³/mol. The number of benzene rings is 2. The van der Waals surface area contributed by atoms with Crippen molar-refractivity contribution in [2.75, 3.05) is 11.1 Å². The van der Waals surface area contributed by atoms with Crippen LogP contribution in [0.3, 0.4) is 0 Å². The summed E-state index contributed by atoms with van der Waals surface area (Å²) in [5.41, 5.74) is 4.52. The lowest BCUT2D eigenvalue weighted by atomic mass is 10.1. The van der Waals surface area contributed by atoms with Crippen molar-refractivity contribution in [1.82, 2.24) is 9.97 Å². The van der Waals surface area contributed by atoms with Gasteiger partial charge in [-0.1, -0.05) is 58.0 Å². The summed E-state index contributed by atoms with van der Waals surface area (Å²) >= 11 is 8.26. The van der Waals surface area contributed by atoms with Crippen LogP contribution in [0.4, 0.5) is 5.69 Å². The Bertz CT molecular complexity index is 957. The maximum absolute atomic E-state index is 12.4. The summed E-state index contributed by atoms with van der Waals surface area (Å²) in [6.45, 7) is 3.88. The van der Waals surface area contributed by atoms with E-state index in [1.165, 1.54) is 11.8 Å². The maximum atomic E-state index is 12.4. The highest BCUT2D eigenvalue weighted by Crippen LogP contribution is 2.30. The number of nitrogens with zero attached hydrogens (tertiary/aromatic N) is 2. The summed E-state index contributed by atoms with van der Waals surface area (Å²) < 4.78 is 1.80. The van der Waals surface area contributed by atoms with Crippen molar-refractivity contribution in [2.24, 2.45) is 0 Å². The Hall–Kier alpha value is -1.70. The van der Waals surface area contributed by atoms with Crippen LogP contribution in [0.1, 0.15) is 11.3 Å². The molecule has 1 heterocycles. The van der Waals surface area contributed by atoms with Gasteiger partial charge in [0.15, 0.2) is 5.16 Å². The number of carbonyl (C=O) groups is 1. The zero-order valence-corrected chi connectivity index (χ0v) is 18.8. The van der Waals surface area contributed by atoms with E-state index >= 15 is 0 Å². The van der Waals surface area contributed by atoms with Crippen LogP contribution in [0, 0.1) is 13.8 Å². The fourth-order valence-electron chi connectivity index (χ4n) is 2.53. The molecule has 0 bridgehead atoms. The number of hydrogen-bond donors (Lipinski definition) is 1. The Morgan fingerprint density at radius 3 is 2.52 bits per heavy atom. The SMILES string of the molecule is Cc1cc(-c2ccccc2)nc(SCC(=O)Nc2c(C)cc(Br)cc2Br)n1. The number of thioether (sulfide) groups is 1. The van der Waals surface area contributed by atoms with E-state index in [0.717, 1.165) is 37.1 Å². The third-order valence-electron chi connectivity index (χ3n) is 3.75. The molecule has 0 fully saturated rings. The number of halogens is 2. The average molecular weight is 507 g/mol. The second kappa shape index (κ2) is 8.99. The van der Waals surface area contributed by atoms with Crippen molar-refractivity contribution in [1.29, 1.82) is 0 Å². The van der Waals surface area contributed by atoms with Crippen molar-refractivity contribution >= 4 is 55.2 Å². The summed E-state index contributed by atoms with van der Waals surface area (Å²) in [6, 6.07) is 15.8. The summed E-state index contributed by atoms with van der Waals surface area (Å²) in [5, 5.41) is 3.55. The Morgan fingerprint density at radius 2 is 1.81 bits per heavy atom. The van der Waals surface area contributed by atoms with Crippen LogP contribution in [0.2, 0.25) is 0 Å². The first-order valence-corrected chi connectivity index (χ1v) is 10.8. The molecule has 0 unspecified atom stereocenters. The molecule has 4 nitrogen and oxygen atoms in total. The van der Waals surface area contributed by atoms with E-state index in [1.807, 2.05) is 62.4 Å². The van der Waals surface area contributed by atoms with E-state index < -0.39 is 0 Å². The van der Waals surface area contributed by atoms with Crippen LogP contribution in [0.15, 0.2) is 62.6 Å². The molecular weight excluding hydrogens is 490 g/mol. The molecule has 0 aliphatic carbocycles. The minimum absolute atomic E-state index is 0.0995. The quantitative estimate of drug-likeness (QED) is 0.339. The van der Waals surface area contributed by atoms with Crippen LogP contribution >= 0.6 is 43.6 Å². The van der Waals surface area contributed by atoms with Crippen molar-refractivity contribution in [3.63, 3.8) is 0 Å². The fraction of sp³-hybridized carbons (Fsp3) is 0.150. The number of anilines is 1. The van der Waals surface area contributed by atoms with E-state index in [0.29, 0.717) is 5.16 Å². The van der Waals surface area contributed by atoms with Gasteiger partial charge >= 0.3 is 0 Å². The van der Waals surface area contributed by atoms with E-state index in [1.54, 1.807) is 0 Å². The summed E-state index contributed by atoms with van der Waals surface area (Å²) in [7, 11) is 0. The number of nitrogens with one attached hydrogen (secondary N) is 1. The van der Waals surface area contributed by atoms with Gasteiger partial charge in [-0.15, -0.1) is 0 Å². The molecule has 3 aromatic rings. The average Bonchev–Trinajstić information content (AvgIpc) is 2.63. The summed E-state index contributed by atoms with van der Waals surface area (Å²) in [6.07, 6.45) is 0. The molecule has 0 radical (unpaired) electrons. The lowest BCUT2D eigenvalue weighted by molar-refractivity contribution is -0.113. The van der Waals surface area contributed by atoms with Crippen LogP contribution in [0.25, 0.3) is 11.3 Å². The molecule has 1 N–H and O–H groups in total. The Labute approximate surface area is 179 Å². The van der Waals surface area contributed by atoms with Crippen LogP contribution in [-0.4, -0.2) is 21.6 Å². The first-order valence-electron chi connectivity index (χ1n) is 8.22. The monoisotopic (exact) mass is 505 g/mol. The molecule has 0 saturated heterocycles. The molecule has 2 aromatic carbocycles. The number of carbonyl (C=O) groups excluding carboxylic acids is 1. The molecule has 0 atom stereocenters. The highest BCUT2D eigenvalue weighted by molar-refractivity contribution is 9.11. The zero-order valence-electron chi connectivity index (χ0n) is 14.8. The smallest absolute Gasteiger partial charge is 0.234 e. The second-order valence-electron chi connectivity index (χ2n) is 5.96. The fourth-order valence-corrected chi connectivity index (χ4v) is 4.77. The van der Waals surface area contributed by atoms with Gasteiger partial charge in [0.2, 0.25) is 5.91 Å². The van der Waals surface area contributed by atoms with Gasteiger partial charge in [-0.05, 0) is 53.5 Å². The molecule has 3 rings (SSSR count). The summed E-state index contributed by atoms with van der Waals surface area (Å²) in [5.74, 6) is 0.136. The van der Waals surface area contributed by atoms with E-state index in [4.69, 9.17) is 0 Å². The minimum Gasteiger partial charge on any atom is -0.324 e. The van der Waals surface area contributed by atoms with Gasteiger partial charge in [0.25, 0.3) is 0 Å². The van der Waals surface area contributed by atoms with E-state index in [9.17, 15) is 4.79 Å². The number of rotatable bonds is 5. The molecule has 0 saturated carbocycles. The molecule has 7 heteroatoms. The number of aromatic nitrogens is 2. The molecule has 1 aromatic heterocycles. The van der Waals surface area contributed by atoms with Gasteiger partial charge in [0.1, 0.15) is 0 Å². The number of aryl methyl sites for hydroxylation is 2. The lowest BCUT2D eigenvalue weighted by Crippen LogP contribution is -2.15. The van der Waals surface area contributed by atoms with Gasteiger partial charge in [-0.2, -0.15) is 0 Å². The Morgan fingerprint density at radius 1 is 1.07 bits per heavy atom. The normalized spacial score (nSPS) is 10.7. The largest absolute Gasteiger partial charge is 0.324 e. The van der Waals surface area contributed by atoms with E-state index in [-0.39, 0.29) is 11.7 Å². The van der Waals surface area contributed by atoms with Crippen LogP contribution in [0.5, 0.6) is 0 Å². The summed E-state index contributed by atoms with van der Waals surface area (Å²) in [4.78, 5) is 21.4. The molecule has 1 amide bonds. The first kappa shape index (κ1) is 20.0. The Balaban J connectivity index is 1.70. The van der Waals surface area contributed by atoms with Crippen molar-refractivity contribution < 1.29 is 4.79 Å². The first-order chi connectivity index (χ1) is 12.9. The lowest BCUT2D eigenvalue weighted by Gasteiger charge is -2.11. The second-order valence-corrected chi connectivity index (χ2v) is 8.67. The topological polar surface area (TPSA) is 54.9 Å². The molecule has 0 aliphatic rings. The predicted octanol–water partition coefficient (Wildman–Crippen LogP) is 6.02. The third-order valence-corrected chi connectivity index (χ3v) is 5.68. The molecule has 27 heavy (non-hydrogen) atoms. The molecule has 0 aliphatic heterocycles. The van der Waals surface area contributed by atoms with Crippen molar-refractivity contribution in [3.8, 4) is 11.3 Å². The molecule has 138 valence electrons. The van der Waals surface area contributed by atoms with Crippen LogP contribution < -0.4 is 5.32 Å². The van der Waals surface area contributed by atoms with Gasteiger partial charge < -0.3 is 5.32 Å². The molecule has 0 spiro atoms.